The quantitative estimate of drug-likeness (QED) is 0.332. The number of esters is 1. The highest BCUT2D eigenvalue weighted by atomic mass is 32.2. The predicted molar refractivity (Wildman–Crippen MR) is 88.7 cm³/mol. The van der Waals surface area contributed by atoms with Gasteiger partial charge in [-0.3, -0.25) is 0 Å². The van der Waals surface area contributed by atoms with Crippen LogP contribution < -0.4 is 0 Å². The van der Waals surface area contributed by atoms with Crippen molar-refractivity contribution in [2.24, 2.45) is 0 Å². The summed E-state index contributed by atoms with van der Waals surface area (Å²) >= 11 is 0. The molecule has 122 valence electrons. The van der Waals surface area contributed by atoms with Crippen molar-refractivity contribution in [1.29, 1.82) is 0 Å². The number of carbonyl (C=O) groups excluding carboxylic acids is 1. The molecule has 0 bridgehead atoms. The van der Waals surface area contributed by atoms with Crippen molar-refractivity contribution in [2.45, 2.75) is 18.7 Å². The molecule has 6 heteroatoms. The molecule has 0 amide bonds. The molecule has 0 aromatic heterocycles. The fourth-order valence-corrected chi connectivity index (χ4v) is 3.07. The maximum Gasteiger partial charge on any atom is 0.364 e. The molecule has 0 spiro atoms. The summed E-state index contributed by atoms with van der Waals surface area (Å²) in [5.41, 5.74) is 0. The molecule has 5 nitrogen and oxygen atoms in total. The van der Waals surface area contributed by atoms with Crippen LogP contribution in [-0.2, 0) is 19.4 Å². The van der Waals surface area contributed by atoms with Crippen molar-refractivity contribution < 1.29 is 17.9 Å². The highest BCUT2D eigenvalue weighted by Gasteiger charge is 2.27. The van der Waals surface area contributed by atoms with E-state index in [9.17, 15) is 13.2 Å². The lowest BCUT2D eigenvalue weighted by atomic mass is 10.4. The zero-order valence-corrected chi connectivity index (χ0v) is 13.9. The smallest absolute Gasteiger partial charge is 0.364 e. The average Bonchev–Trinajstić information content (AvgIpc) is 2.56. The summed E-state index contributed by atoms with van der Waals surface area (Å²) in [6.45, 7) is 5.45. The van der Waals surface area contributed by atoms with Gasteiger partial charge < -0.3 is 9.64 Å². The van der Waals surface area contributed by atoms with Gasteiger partial charge >= 0.3 is 5.97 Å². The summed E-state index contributed by atoms with van der Waals surface area (Å²) in [6.07, 6.45) is 11.0. The molecule has 0 radical (unpaired) electrons. The summed E-state index contributed by atoms with van der Waals surface area (Å²) < 4.78 is 29.6. The largest absolute Gasteiger partial charge is 0.378 e. The minimum atomic E-state index is -4.01. The van der Waals surface area contributed by atoms with Crippen LogP contribution in [0.1, 0.15) is 13.8 Å². The number of nitrogens with zero attached hydrogens (tertiary/aromatic N) is 1. The normalized spacial score (nSPS) is 12.0. The van der Waals surface area contributed by atoms with Gasteiger partial charge in [0, 0.05) is 13.1 Å². The molecule has 1 rings (SSSR count). The third kappa shape index (κ3) is 5.01. The highest BCUT2D eigenvalue weighted by molar-refractivity contribution is 7.96. The van der Waals surface area contributed by atoms with Gasteiger partial charge in [0.05, 0.1) is 4.90 Å². The SMILES string of the molecule is C#COC(=O)/C(=C\C=C\N(CC)CC)S(=O)(=O)c1ccccc1. The first kappa shape index (κ1) is 18.5. The second-order valence-electron chi connectivity index (χ2n) is 4.42. The number of allylic oxidation sites excluding steroid dienone is 2. The Morgan fingerprint density at radius 1 is 1.26 bits per heavy atom. The molecule has 1 aromatic rings. The van der Waals surface area contributed by atoms with Crippen LogP contribution in [-0.4, -0.2) is 32.4 Å². The first-order chi connectivity index (χ1) is 11.0. The molecule has 0 unspecified atom stereocenters. The molecular formula is C17H19NO4S. The van der Waals surface area contributed by atoms with E-state index >= 15 is 0 Å². The van der Waals surface area contributed by atoms with E-state index in [2.05, 4.69) is 4.74 Å². The lowest BCUT2D eigenvalue weighted by molar-refractivity contribution is -0.131. The molecule has 0 N–H and O–H groups in total. The van der Waals surface area contributed by atoms with Crippen LogP contribution in [0.5, 0.6) is 0 Å². The lowest BCUT2D eigenvalue weighted by Crippen LogP contribution is -2.16. The monoisotopic (exact) mass is 333 g/mol. The molecule has 0 aliphatic carbocycles. The predicted octanol–water partition coefficient (Wildman–Crippen LogP) is 2.33. The molecular weight excluding hydrogens is 314 g/mol. The van der Waals surface area contributed by atoms with E-state index in [-0.39, 0.29) is 4.90 Å². The van der Waals surface area contributed by atoms with Crippen molar-refractivity contribution >= 4 is 15.8 Å². The Morgan fingerprint density at radius 3 is 2.39 bits per heavy atom. The van der Waals surface area contributed by atoms with Crippen LogP contribution >= 0.6 is 0 Å². The number of sulfone groups is 1. The maximum absolute atomic E-state index is 12.6. The van der Waals surface area contributed by atoms with Crippen LogP contribution in [0, 0.1) is 12.5 Å². The van der Waals surface area contributed by atoms with Crippen molar-refractivity contribution in [1.82, 2.24) is 4.90 Å². The Balaban J connectivity index is 3.26. The molecule has 23 heavy (non-hydrogen) atoms. The number of terminal acetylenes is 1. The second-order valence-corrected chi connectivity index (χ2v) is 6.34. The molecule has 0 fully saturated rings. The van der Waals surface area contributed by atoms with Crippen molar-refractivity contribution in [3.8, 4) is 12.5 Å². The third-order valence-corrected chi connectivity index (χ3v) is 4.83. The summed E-state index contributed by atoms with van der Waals surface area (Å²) in [5, 5.41) is 0. The number of hydrogen-bond donors (Lipinski definition) is 0. The van der Waals surface area contributed by atoms with Crippen LogP contribution in [0.4, 0.5) is 0 Å². The Morgan fingerprint density at radius 2 is 1.87 bits per heavy atom. The van der Waals surface area contributed by atoms with E-state index in [1.807, 2.05) is 18.7 Å². The Labute approximate surface area is 137 Å². The fraction of sp³-hybridized carbons (Fsp3) is 0.235. The average molecular weight is 333 g/mol. The summed E-state index contributed by atoms with van der Waals surface area (Å²) in [6, 6.07) is 7.63. The van der Waals surface area contributed by atoms with Crippen molar-refractivity contribution in [3.05, 3.63) is 53.6 Å². The fourth-order valence-electron chi connectivity index (χ4n) is 1.78. The standard InChI is InChI=1S/C17H19NO4S/c1-4-18(5-2)14-10-13-16(17(19)22-6-3)23(20,21)15-11-8-7-9-12-15/h3,7-14H,4-5H2,1-2H3/b14-10+,16-13+. The van der Waals surface area contributed by atoms with Gasteiger partial charge in [0.1, 0.15) is 6.11 Å². The zero-order valence-electron chi connectivity index (χ0n) is 13.1. The second kappa shape index (κ2) is 8.81. The van der Waals surface area contributed by atoms with Crippen molar-refractivity contribution in [2.75, 3.05) is 13.1 Å². The number of rotatable bonds is 7. The van der Waals surface area contributed by atoms with E-state index < -0.39 is 20.7 Å². The van der Waals surface area contributed by atoms with Gasteiger partial charge in [-0.2, -0.15) is 0 Å². The van der Waals surface area contributed by atoms with Gasteiger partial charge in [-0.25, -0.2) is 13.2 Å². The molecule has 0 heterocycles. The van der Waals surface area contributed by atoms with Gasteiger partial charge in [-0.05, 0) is 44.3 Å². The van der Waals surface area contributed by atoms with Crippen molar-refractivity contribution in [3.63, 3.8) is 0 Å². The highest BCUT2D eigenvalue weighted by Crippen LogP contribution is 2.20. The maximum atomic E-state index is 12.6. The van der Waals surface area contributed by atoms with Gasteiger partial charge in [0.25, 0.3) is 0 Å². The van der Waals surface area contributed by atoms with Crippen LogP contribution in [0.3, 0.4) is 0 Å². The Kier molecular flexibility index (Phi) is 7.10. The molecule has 0 aliphatic rings. The molecule has 0 atom stereocenters. The van der Waals surface area contributed by atoms with Gasteiger partial charge in [0.15, 0.2) is 4.91 Å². The minimum absolute atomic E-state index is 0.00328. The number of hydrogen-bond acceptors (Lipinski definition) is 5. The summed E-state index contributed by atoms with van der Waals surface area (Å²) in [4.78, 5) is 13.3. The third-order valence-electron chi connectivity index (χ3n) is 3.05. The Bertz CT molecular complexity index is 724. The Hall–Kier alpha value is -2.52. The van der Waals surface area contributed by atoms with E-state index in [4.69, 9.17) is 6.42 Å². The number of carbonyl (C=O) groups is 1. The van der Waals surface area contributed by atoms with E-state index in [0.717, 1.165) is 13.1 Å². The van der Waals surface area contributed by atoms with Crippen LogP contribution in [0.15, 0.2) is 58.5 Å². The van der Waals surface area contributed by atoms with E-state index in [0.29, 0.717) is 0 Å². The minimum Gasteiger partial charge on any atom is -0.378 e. The molecule has 0 saturated carbocycles. The van der Waals surface area contributed by atoms with E-state index in [1.165, 1.54) is 24.3 Å². The molecule has 0 aliphatic heterocycles. The zero-order chi connectivity index (χ0) is 17.3. The first-order valence-corrected chi connectivity index (χ1v) is 8.55. The van der Waals surface area contributed by atoms with Gasteiger partial charge in [-0.1, -0.05) is 24.6 Å². The molecule has 1 aromatic carbocycles. The summed E-state index contributed by atoms with van der Waals surface area (Å²) in [7, 11) is -4.01. The number of benzene rings is 1. The summed E-state index contributed by atoms with van der Waals surface area (Å²) in [5.74, 6) is -1.08. The molecule has 0 saturated heterocycles. The first-order valence-electron chi connectivity index (χ1n) is 7.06. The topological polar surface area (TPSA) is 63.7 Å². The van der Waals surface area contributed by atoms with E-state index in [1.54, 1.807) is 30.5 Å². The van der Waals surface area contributed by atoms with Gasteiger partial charge in [0.2, 0.25) is 9.84 Å². The van der Waals surface area contributed by atoms with Crippen LogP contribution in [0.2, 0.25) is 0 Å². The van der Waals surface area contributed by atoms with Crippen LogP contribution in [0.25, 0.3) is 0 Å². The number of ether oxygens (including phenoxy) is 1. The van der Waals surface area contributed by atoms with Gasteiger partial charge in [-0.15, -0.1) is 0 Å². The lowest BCUT2D eigenvalue weighted by Gasteiger charge is -2.14.